The van der Waals surface area contributed by atoms with E-state index in [2.05, 4.69) is 71.8 Å². The number of nitrogens with zero attached hydrogens (tertiary/aromatic N) is 4. The molecule has 208 valence electrons. The summed E-state index contributed by atoms with van der Waals surface area (Å²) in [5.41, 5.74) is 10.9. The zero-order valence-corrected chi connectivity index (χ0v) is 24.2. The zero-order valence-electron chi connectivity index (χ0n) is 24.2. The van der Waals surface area contributed by atoms with Gasteiger partial charge in [0.2, 0.25) is 0 Å². The molecule has 0 radical (unpaired) electrons. The van der Waals surface area contributed by atoms with E-state index >= 15 is 0 Å². The first kappa shape index (κ1) is 26.8. The molecule has 0 aliphatic carbocycles. The molecule has 3 heterocycles. The Morgan fingerprint density at radius 3 is 2.34 bits per heavy atom. The number of hydrogen-bond donors (Lipinski definition) is 0. The fraction of sp³-hybridized carbons (Fsp3) is 0.257. The van der Waals surface area contributed by atoms with Crippen LogP contribution in [0.3, 0.4) is 0 Å². The lowest BCUT2D eigenvalue weighted by Crippen LogP contribution is -2.48. The van der Waals surface area contributed by atoms with Crippen LogP contribution in [0.15, 0.2) is 85.1 Å². The van der Waals surface area contributed by atoms with Gasteiger partial charge in [-0.3, -0.25) is 9.69 Å². The summed E-state index contributed by atoms with van der Waals surface area (Å²) in [7, 11) is 1.69. The SMILES string of the molecule is COc1cccc(-c2nc3ccc(-c4cc(C)ccc4C)cn3c2CN2CCN(C(=O)c3ccc(C)cc3)CC2)c1. The minimum Gasteiger partial charge on any atom is -0.497 e. The van der Waals surface area contributed by atoms with Crippen LogP contribution in [0.5, 0.6) is 5.75 Å². The summed E-state index contributed by atoms with van der Waals surface area (Å²) >= 11 is 0. The molecule has 0 atom stereocenters. The van der Waals surface area contributed by atoms with Crippen molar-refractivity contribution >= 4 is 11.6 Å². The minimum absolute atomic E-state index is 0.106. The average molecular weight is 545 g/mol. The van der Waals surface area contributed by atoms with Crippen LogP contribution in [-0.2, 0) is 6.54 Å². The van der Waals surface area contributed by atoms with Crippen LogP contribution in [0, 0.1) is 20.8 Å². The monoisotopic (exact) mass is 544 g/mol. The second-order valence-electron chi connectivity index (χ2n) is 11.0. The Hall–Kier alpha value is -4.42. The second kappa shape index (κ2) is 11.2. The van der Waals surface area contributed by atoms with Crippen molar-refractivity contribution in [3.05, 3.63) is 113 Å². The minimum atomic E-state index is 0.106. The van der Waals surface area contributed by atoms with Gasteiger partial charge in [-0.15, -0.1) is 0 Å². The predicted molar refractivity (Wildman–Crippen MR) is 164 cm³/mol. The topological polar surface area (TPSA) is 50.1 Å². The third-order valence-corrected chi connectivity index (χ3v) is 8.10. The number of hydrogen-bond acceptors (Lipinski definition) is 4. The lowest BCUT2D eigenvalue weighted by atomic mass is 10.00. The predicted octanol–water partition coefficient (Wildman–Crippen LogP) is 6.56. The lowest BCUT2D eigenvalue weighted by Gasteiger charge is -2.34. The molecule has 0 bridgehead atoms. The number of imidazole rings is 1. The molecule has 5 aromatic rings. The van der Waals surface area contributed by atoms with Gasteiger partial charge in [-0.25, -0.2) is 4.98 Å². The van der Waals surface area contributed by atoms with Gasteiger partial charge in [0.15, 0.2) is 0 Å². The van der Waals surface area contributed by atoms with Gasteiger partial charge in [-0.1, -0.05) is 53.6 Å². The van der Waals surface area contributed by atoms with Crippen LogP contribution < -0.4 is 4.74 Å². The van der Waals surface area contributed by atoms with Crippen molar-refractivity contribution in [2.24, 2.45) is 0 Å². The summed E-state index contributed by atoms with van der Waals surface area (Å²) in [5, 5.41) is 0. The Morgan fingerprint density at radius 2 is 1.59 bits per heavy atom. The number of pyridine rings is 1. The summed E-state index contributed by atoms with van der Waals surface area (Å²) in [4.78, 5) is 22.6. The number of methoxy groups -OCH3 is 1. The molecule has 2 aromatic heterocycles. The van der Waals surface area contributed by atoms with Crippen molar-refractivity contribution in [3.63, 3.8) is 0 Å². The lowest BCUT2D eigenvalue weighted by molar-refractivity contribution is 0.0627. The number of carbonyl (C=O) groups excluding carboxylic acids is 1. The van der Waals surface area contributed by atoms with Gasteiger partial charge in [-0.2, -0.15) is 0 Å². The van der Waals surface area contributed by atoms with Crippen molar-refractivity contribution in [1.82, 2.24) is 19.2 Å². The smallest absolute Gasteiger partial charge is 0.253 e. The number of rotatable bonds is 6. The van der Waals surface area contributed by atoms with E-state index in [9.17, 15) is 4.79 Å². The number of aryl methyl sites for hydroxylation is 3. The molecule has 1 amide bonds. The summed E-state index contributed by atoms with van der Waals surface area (Å²) in [6, 6.07) is 26.8. The van der Waals surface area contributed by atoms with Gasteiger partial charge in [-0.05, 0) is 73.9 Å². The fourth-order valence-corrected chi connectivity index (χ4v) is 5.65. The molecule has 1 saturated heterocycles. The quantitative estimate of drug-likeness (QED) is 0.243. The van der Waals surface area contributed by atoms with Crippen LogP contribution in [0.4, 0.5) is 0 Å². The van der Waals surface area contributed by atoms with E-state index < -0.39 is 0 Å². The highest BCUT2D eigenvalue weighted by atomic mass is 16.5. The maximum atomic E-state index is 13.1. The maximum absolute atomic E-state index is 13.1. The Kier molecular flexibility index (Phi) is 7.33. The molecule has 0 saturated carbocycles. The van der Waals surface area contributed by atoms with Crippen molar-refractivity contribution < 1.29 is 9.53 Å². The van der Waals surface area contributed by atoms with Crippen molar-refractivity contribution in [2.75, 3.05) is 33.3 Å². The highest BCUT2D eigenvalue weighted by molar-refractivity contribution is 5.94. The number of benzene rings is 3. The molecule has 0 N–H and O–H groups in total. The molecular weight excluding hydrogens is 508 g/mol. The van der Waals surface area contributed by atoms with Gasteiger partial charge in [0.05, 0.1) is 18.5 Å². The number of ether oxygens (including phenoxy) is 1. The molecule has 1 aliphatic heterocycles. The third kappa shape index (κ3) is 5.48. The Bertz CT molecular complexity index is 1710. The standard InChI is InChI=1S/C35H36N4O2/c1-24-9-12-27(13-10-24)35(40)38-18-16-37(17-19-38)23-32-34(28-6-5-7-30(21-28)41-4)36-33-15-14-29(22-39(32)33)31-20-25(2)8-11-26(31)3/h5-15,20-22H,16-19,23H2,1-4H3. The number of carbonyl (C=O) groups is 1. The van der Waals surface area contributed by atoms with E-state index in [0.29, 0.717) is 13.1 Å². The second-order valence-corrected chi connectivity index (χ2v) is 11.0. The molecular formula is C35H36N4O2. The third-order valence-electron chi connectivity index (χ3n) is 8.10. The molecule has 6 heteroatoms. The first-order chi connectivity index (χ1) is 19.9. The van der Waals surface area contributed by atoms with Crippen LogP contribution in [0.1, 0.15) is 32.7 Å². The number of piperazine rings is 1. The fourth-order valence-electron chi connectivity index (χ4n) is 5.65. The normalized spacial score (nSPS) is 14.0. The van der Waals surface area contributed by atoms with Crippen LogP contribution in [-0.4, -0.2) is 58.4 Å². The molecule has 0 unspecified atom stereocenters. The molecule has 1 aliphatic rings. The zero-order chi connectivity index (χ0) is 28.5. The van der Waals surface area contributed by atoms with Gasteiger partial charge in [0.25, 0.3) is 5.91 Å². The maximum Gasteiger partial charge on any atom is 0.253 e. The summed E-state index contributed by atoms with van der Waals surface area (Å²) in [5.74, 6) is 0.916. The van der Waals surface area contributed by atoms with E-state index in [0.717, 1.165) is 59.1 Å². The first-order valence-corrected chi connectivity index (χ1v) is 14.2. The Labute approximate surface area is 241 Å². The average Bonchev–Trinajstić information content (AvgIpc) is 3.36. The highest BCUT2D eigenvalue weighted by Crippen LogP contribution is 2.31. The largest absolute Gasteiger partial charge is 0.497 e. The van der Waals surface area contributed by atoms with Crippen molar-refractivity contribution in [3.8, 4) is 28.1 Å². The van der Waals surface area contributed by atoms with Crippen LogP contribution in [0.2, 0.25) is 0 Å². The van der Waals surface area contributed by atoms with E-state index in [1.54, 1.807) is 7.11 Å². The van der Waals surface area contributed by atoms with E-state index in [1.165, 1.54) is 22.3 Å². The Balaban J connectivity index is 1.33. The molecule has 0 spiro atoms. The van der Waals surface area contributed by atoms with Gasteiger partial charge in [0, 0.05) is 50.0 Å². The highest BCUT2D eigenvalue weighted by Gasteiger charge is 2.25. The van der Waals surface area contributed by atoms with Crippen molar-refractivity contribution in [2.45, 2.75) is 27.3 Å². The molecule has 6 rings (SSSR count). The summed E-state index contributed by atoms with van der Waals surface area (Å²) < 4.78 is 7.78. The number of aromatic nitrogens is 2. The first-order valence-electron chi connectivity index (χ1n) is 14.2. The van der Waals surface area contributed by atoms with E-state index in [4.69, 9.17) is 9.72 Å². The van der Waals surface area contributed by atoms with E-state index in [-0.39, 0.29) is 5.91 Å². The van der Waals surface area contributed by atoms with Crippen molar-refractivity contribution in [1.29, 1.82) is 0 Å². The van der Waals surface area contributed by atoms with Crippen LogP contribution >= 0.6 is 0 Å². The Morgan fingerprint density at radius 1 is 0.829 bits per heavy atom. The summed E-state index contributed by atoms with van der Waals surface area (Å²) in [6.45, 7) is 10.1. The molecule has 41 heavy (non-hydrogen) atoms. The summed E-state index contributed by atoms with van der Waals surface area (Å²) in [6.07, 6.45) is 2.22. The van der Waals surface area contributed by atoms with Gasteiger partial charge < -0.3 is 14.0 Å². The van der Waals surface area contributed by atoms with Gasteiger partial charge in [0.1, 0.15) is 11.4 Å². The molecule has 6 nitrogen and oxygen atoms in total. The van der Waals surface area contributed by atoms with E-state index in [1.807, 2.05) is 48.2 Å². The van der Waals surface area contributed by atoms with Gasteiger partial charge >= 0.3 is 0 Å². The molecule has 3 aromatic carbocycles. The molecule has 1 fully saturated rings. The van der Waals surface area contributed by atoms with Crippen LogP contribution in [0.25, 0.3) is 28.0 Å². The number of amides is 1. The number of fused-ring (bicyclic) bond motifs is 1.